The van der Waals surface area contributed by atoms with Crippen LogP contribution in [0.2, 0.25) is 0 Å². The van der Waals surface area contributed by atoms with Crippen molar-refractivity contribution in [2.24, 2.45) is 0 Å². The first-order valence-corrected chi connectivity index (χ1v) is 10.7. The Morgan fingerprint density at radius 1 is 0.935 bits per heavy atom. The molecule has 2 aliphatic rings. The van der Waals surface area contributed by atoms with Gasteiger partial charge in [0.15, 0.2) is 11.5 Å². The molecule has 2 heterocycles. The summed E-state index contributed by atoms with van der Waals surface area (Å²) in [6.45, 7) is 2.58. The number of benzene rings is 2. The van der Waals surface area contributed by atoms with Crippen molar-refractivity contribution in [1.29, 1.82) is 0 Å². The molecule has 0 unspecified atom stereocenters. The van der Waals surface area contributed by atoms with Crippen LogP contribution in [-0.2, 0) is 14.9 Å². The summed E-state index contributed by atoms with van der Waals surface area (Å²) in [5, 5.41) is 5.96. The zero-order chi connectivity index (χ0) is 21.5. The fraction of sp³-hybridized carbons (Fsp3) is 0.417. The highest BCUT2D eigenvalue weighted by Gasteiger charge is 2.36. The fourth-order valence-electron chi connectivity index (χ4n) is 4.05. The van der Waals surface area contributed by atoms with Crippen LogP contribution in [0.3, 0.4) is 0 Å². The summed E-state index contributed by atoms with van der Waals surface area (Å²) >= 11 is 0. The van der Waals surface area contributed by atoms with Crippen LogP contribution in [0.4, 0.5) is 0 Å². The van der Waals surface area contributed by atoms with Gasteiger partial charge in [-0.3, -0.25) is 9.59 Å². The van der Waals surface area contributed by atoms with Crippen LogP contribution in [-0.4, -0.2) is 44.9 Å². The highest BCUT2D eigenvalue weighted by Crippen LogP contribution is 2.40. The third-order valence-electron chi connectivity index (χ3n) is 5.96. The Balaban J connectivity index is 1.27. The smallest absolute Gasteiger partial charge is 0.251 e. The molecule has 2 aromatic rings. The summed E-state index contributed by atoms with van der Waals surface area (Å²) < 4.78 is 16.5. The van der Waals surface area contributed by atoms with Crippen LogP contribution in [0.25, 0.3) is 0 Å². The van der Waals surface area contributed by atoms with Crippen LogP contribution in [0.15, 0.2) is 48.5 Å². The summed E-state index contributed by atoms with van der Waals surface area (Å²) in [5.41, 5.74) is 1.57. The van der Waals surface area contributed by atoms with Gasteiger partial charge in [0, 0.05) is 43.7 Å². The molecule has 31 heavy (non-hydrogen) atoms. The van der Waals surface area contributed by atoms with E-state index in [1.807, 2.05) is 30.3 Å². The number of nitrogens with one attached hydrogen (secondary N) is 2. The van der Waals surface area contributed by atoms with Crippen LogP contribution in [0.1, 0.15) is 41.6 Å². The van der Waals surface area contributed by atoms with Crippen LogP contribution < -0.4 is 20.1 Å². The molecule has 1 saturated heterocycles. The molecule has 7 nitrogen and oxygen atoms in total. The number of hydrogen-bond donors (Lipinski definition) is 2. The minimum absolute atomic E-state index is 0.0134. The van der Waals surface area contributed by atoms with Crippen molar-refractivity contribution in [1.82, 2.24) is 10.6 Å². The molecule has 0 aliphatic carbocycles. The van der Waals surface area contributed by atoms with Crippen LogP contribution in [0, 0.1) is 0 Å². The molecule has 2 N–H and O–H groups in total. The third kappa shape index (κ3) is 5.17. The molecule has 0 aromatic heterocycles. The quantitative estimate of drug-likeness (QED) is 0.637. The van der Waals surface area contributed by atoms with Crippen molar-refractivity contribution in [2.75, 3.05) is 33.1 Å². The molecular weight excluding hydrogens is 396 g/mol. The van der Waals surface area contributed by atoms with E-state index in [-0.39, 0.29) is 24.0 Å². The first-order valence-electron chi connectivity index (χ1n) is 10.7. The number of ether oxygens (including phenoxy) is 3. The van der Waals surface area contributed by atoms with Gasteiger partial charge in [0.1, 0.15) is 0 Å². The summed E-state index contributed by atoms with van der Waals surface area (Å²) in [7, 11) is 0. The zero-order valence-electron chi connectivity index (χ0n) is 17.5. The largest absolute Gasteiger partial charge is 0.454 e. The van der Waals surface area contributed by atoms with Gasteiger partial charge < -0.3 is 24.8 Å². The van der Waals surface area contributed by atoms with Gasteiger partial charge in [-0.05, 0) is 49.1 Å². The summed E-state index contributed by atoms with van der Waals surface area (Å²) in [6.07, 6.45) is 2.62. The van der Waals surface area contributed by atoms with Crippen LogP contribution >= 0.6 is 0 Å². The van der Waals surface area contributed by atoms with Gasteiger partial charge in [-0.1, -0.05) is 24.3 Å². The predicted molar refractivity (Wildman–Crippen MR) is 115 cm³/mol. The number of fused-ring (bicyclic) bond motifs is 1. The van der Waals surface area contributed by atoms with E-state index in [0.29, 0.717) is 44.7 Å². The maximum Gasteiger partial charge on any atom is 0.251 e. The average Bonchev–Trinajstić information content (AvgIpc) is 3.29. The molecule has 0 bridgehead atoms. The molecule has 2 amide bonds. The maximum atomic E-state index is 12.5. The normalized spacial score (nSPS) is 16.5. The van der Waals surface area contributed by atoms with Crippen molar-refractivity contribution in [3.63, 3.8) is 0 Å². The lowest BCUT2D eigenvalue weighted by Gasteiger charge is -2.38. The molecule has 2 aromatic carbocycles. The van der Waals surface area contributed by atoms with Gasteiger partial charge in [-0.25, -0.2) is 0 Å². The molecule has 0 atom stereocenters. The SMILES string of the molecule is O=C(CCCNC(=O)c1ccccc1)NCC1(c2ccc3c(c2)OCO3)CCOCC1. The van der Waals surface area contributed by atoms with Gasteiger partial charge in [-0.2, -0.15) is 0 Å². The molecule has 0 radical (unpaired) electrons. The Kier molecular flexibility index (Phi) is 6.72. The molecule has 1 fully saturated rings. The highest BCUT2D eigenvalue weighted by molar-refractivity contribution is 5.94. The number of rotatable bonds is 8. The first kappa shape index (κ1) is 21.2. The predicted octanol–water partition coefficient (Wildman–Crippen LogP) is 2.79. The van der Waals surface area contributed by atoms with Crippen molar-refractivity contribution < 1.29 is 23.8 Å². The van der Waals surface area contributed by atoms with Crippen molar-refractivity contribution in [2.45, 2.75) is 31.1 Å². The van der Waals surface area contributed by atoms with Crippen molar-refractivity contribution in [3.8, 4) is 11.5 Å². The highest BCUT2D eigenvalue weighted by atomic mass is 16.7. The van der Waals surface area contributed by atoms with Gasteiger partial charge >= 0.3 is 0 Å². The average molecular weight is 424 g/mol. The lowest BCUT2D eigenvalue weighted by Crippen LogP contribution is -2.44. The van der Waals surface area contributed by atoms with E-state index in [9.17, 15) is 9.59 Å². The summed E-state index contributed by atoms with van der Waals surface area (Å²) in [5.74, 6) is 1.38. The standard InChI is InChI=1S/C24H28N2O5/c27-22(7-4-12-25-23(28)18-5-2-1-3-6-18)26-16-24(10-13-29-14-11-24)19-8-9-20-21(15-19)31-17-30-20/h1-3,5-6,8-9,15H,4,7,10-14,16-17H2,(H,25,28)(H,26,27). The number of amides is 2. The van der Waals surface area contributed by atoms with E-state index in [2.05, 4.69) is 16.7 Å². The Morgan fingerprint density at radius 2 is 1.71 bits per heavy atom. The molecule has 164 valence electrons. The molecule has 2 aliphatic heterocycles. The molecule has 0 saturated carbocycles. The number of carbonyl (C=O) groups is 2. The first-order chi connectivity index (χ1) is 15.2. The Labute approximate surface area is 182 Å². The molecule has 4 rings (SSSR count). The second kappa shape index (κ2) is 9.83. The lowest BCUT2D eigenvalue weighted by atomic mass is 9.74. The van der Waals surface area contributed by atoms with Crippen molar-refractivity contribution in [3.05, 3.63) is 59.7 Å². The fourth-order valence-corrected chi connectivity index (χ4v) is 4.05. The Bertz CT molecular complexity index is 909. The molecule has 0 spiro atoms. The van der Waals surface area contributed by atoms with Crippen LogP contribution in [0.5, 0.6) is 11.5 Å². The third-order valence-corrected chi connectivity index (χ3v) is 5.96. The van der Waals surface area contributed by atoms with Gasteiger partial charge in [0.05, 0.1) is 0 Å². The van der Waals surface area contributed by atoms with E-state index < -0.39 is 0 Å². The molecule has 7 heteroatoms. The maximum absolute atomic E-state index is 12.5. The number of carbonyl (C=O) groups excluding carboxylic acids is 2. The summed E-state index contributed by atoms with van der Waals surface area (Å²) in [4.78, 5) is 24.5. The lowest BCUT2D eigenvalue weighted by molar-refractivity contribution is -0.121. The van der Waals surface area contributed by atoms with E-state index in [4.69, 9.17) is 14.2 Å². The number of hydrogen-bond acceptors (Lipinski definition) is 5. The molecular formula is C24H28N2O5. The van der Waals surface area contributed by atoms with E-state index in [0.717, 1.165) is 29.9 Å². The zero-order valence-corrected chi connectivity index (χ0v) is 17.5. The Hall–Kier alpha value is -3.06. The van der Waals surface area contributed by atoms with E-state index in [1.54, 1.807) is 12.1 Å². The van der Waals surface area contributed by atoms with Gasteiger partial charge in [0.2, 0.25) is 12.7 Å². The monoisotopic (exact) mass is 424 g/mol. The van der Waals surface area contributed by atoms with Crippen molar-refractivity contribution >= 4 is 11.8 Å². The minimum atomic E-state index is -0.184. The van der Waals surface area contributed by atoms with Gasteiger partial charge in [-0.15, -0.1) is 0 Å². The Morgan fingerprint density at radius 3 is 2.52 bits per heavy atom. The second-order valence-corrected chi connectivity index (χ2v) is 7.96. The minimum Gasteiger partial charge on any atom is -0.454 e. The second-order valence-electron chi connectivity index (χ2n) is 7.96. The van der Waals surface area contributed by atoms with E-state index >= 15 is 0 Å². The van der Waals surface area contributed by atoms with E-state index in [1.165, 1.54) is 0 Å². The topological polar surface area (TPSA) is 85.9 Å². The summed E-state index contributed by atoms with van der Waals surface area (Å²) in [6, 6.07) is 15.1. The van der Waals surface area contributed by atoms with Gasteiger partial charge in [0.25, 0.3) is 5.91 Å².